The van der Waals surface area contributed by atoms with Crippen LogP contribution in [0.2, 0.25) is 0 Å². The second-order valence-electron chi connectivity index (χ2n) is 6.26. The second-order valence-corrected chi connectivity index (χ2v) is 6.26. The number of aromatic nitrogens is 1. The van der Waals surface area contributed by atoms with E-state index in [2.05, 4.69) is 10.3 Å². The van der Waals surface area contributed by atoms with Crippen LogP contribution in [-0.2, 0) is 4.74 Å². The molecule has 0 atom stereocenters. The Hall–Kier alpha value is -2.18. The van der Waals surface area contributed by atoms with E-state index in [1.54, 1.807) is 0 Å². The zero-order valence-electron chi connectivity index (χ0n) is 13.0. The highest BCUT2D eigenvalue weighted by Crippen LogP contribution is 2.27. The highest BCUT2D eigenvalue weighted by atomic mass is 16.5. The lowest BCUT2D eigenvalue weighted by Crippen LogP contribution is -2.69. The summed E-state index contributed by atoms with van der Waals surface area (Å²) < 4.78 is 11.3. The number of morpholine rings is 1. The summed E-state index contributed by atoms with van der Waals surface area (Å²) in [4.78, 5) is 18.9. The Labute approximate surface area is 134 Å². The van der Waals surface area contributed by atoms with Gasteiger partial charge >= 0.3 is 0 Å². The lowest BCUT2D eigenvalue weighted by molar-refractivity contribution is -0.126. The Morgan fingerprint density at radius 3 is 2.78 bits per heavy atom. The van der Waals surface area contributed by atoms with Crippen LogP contribution in [0.25, 0.3) is 11.3 Å². The maximum Gasteiger partial charge on any atom is 0.276 e. The van der Waals surface area contributed by atoms with Gasteiger partial charge in [-0.2, -0.15) is 0 Å². The molecule has 1 aromatic heterocycles. The maximum absolute atomic E-state index is 12.9. The smallest absolute Gasteiger partial charge is 0.276 e. The third kappa shape index (κ3) is 2.54. The van der Waals surface area contributed by atoms with Gasteiger partial charge in [0.05, 0.1) is 13.2 Å². The third-order valence-electron chi connectivity index (χ3n) is 4.51. The zero-order chi connectivity index (χ0) is 15.9. The van der Waals surface area contributed by atoms with Crippen LogP contribution in [0.5, 0.6) is 0 Å². The zero-order valence-corrected chi connectivity index (χ0v) is 13.0. The van der Waals surface area contributed by atoms with Gasteiger partial charge in [0, 0.05) is 25.2 Å². The first-order chi connectivity index (χ1) is 11.2. The minimum absolute atomic E-state index is 0.0936. The molecule has 2 aliphatic rings. The molecule has 0 aliphatic carbocycles. The summed E-state index contributed by atoms with van der Waals surface area (Å²) in [5.74, 6) is 0.436. The molecule has 1 N–H and O–H groups in total. The van der Waals surface area contributed by atoms with E-state index in [9.17, 15) is 4.79 Å². The van der Waals surface area contributed by atoms with Gasteiger partial charge < -0.3 is 19.4 Å². The summed E-state index contributed by atoms with van der Waals surface area (Å²) in [5, 5.41) is 3.21. The Balaban J connectivity index is 1.59. The van der Waals surface area contributed by atoms with Crippen molar-refractivity contribution in [2.24, 2.45) is 0 Å². The fourth-order valence-corrected chi connectivity index (χ4v) is 3.09. The third-order valence-corrected chi connectivity index (χ3v) is 4.51. The molecule has 0 unspecified atom stereocenters. The van der Waals surface area contributed by atoms with Gasteiger partial charge in [-0.3, -0.25) is 4.79 Å². The van der Waals surface area contributed by atoms with E-state index in [4.69, 9.17) is 9.15 Å². The first-order valence-electron chi connectivity index (χ1n) is 7.81. The molecule has 120 valence electrons. The van der Waals surface area contributed by atoms with Crippen LogP contribution >= 0.6 is 0 Å². The summed E-state index contributed by atoms with van der Waals surface area (Å²) >= 11 is 0. The van der Waals surface area contributed by atoms with Gasteiger partial charge in [0.15, 0.2) is 17.8 Å². The molecule has 2 aromatic rings. The van der Waals surface area contributed by atoms with Crippen molar-refractivity contribution in [3.63, 3.8) is 0 Å². The Bertz CT molecular complexity index is 719. The highest BCUT2D eigenvalue weighted by Gasteiger charge is 2.44. The molecule has 1 spiro atoms. The maximum atomic E-state index is 12.9. The van der Waals surface area contributed by atoms with E-state index in [1.807, 2.05) is 36.1 Å². The summed E-state index contributed by atoms with van der Waals surface area (Å²) in [6.07, 6.45) is 1.34. The molecular weight excluding hydrogens is 294 g/mol. The quantitative estimate of drug-likeness (QED) is 0.909. The fourth-order valence-electron chi connectivity index (χ4n) is 3.09. The molecule has 3 heterocycles. The van der Waals surface area contributed by atoms with Crippen LogP contribution in [0.15, 0.2) is 35.1 Å². The molecule has 6 nitrogen and oxygen atoms in total. The average molecular weight is 313 g/mol. The molecule has 0 saturated carbocycles. The predicted octanol–water partition coefficient (Wildman–Crippen LogP) is 1.46. The van der Waals surface area contributed by atoms with Crippen LogP contribution in [-0.4, -0.2) is 54.2 Å². The van der Waals surface area contributed by atoms with Crippen LogP contribution in [0.1, 0.15) is 16.1 Å². The van der Waals surface area contributed by atoms with Crippen LogP contribution in [0.3, 0.4) is 0 Å². The Kier molecular flexibility index (Phi) is 3.43. The number of aryl methyl sites for hydroxylation is 1. The van der Waals surface area contributed by atoms with Crippen molar-refractivity contribution in [2.75, 3.05) is 32.8 Å². The van der Waals surface area contributed by atoms with Crippen LogP contribution < -0.4 is 5.32 Å². The number of benzene rings is 1. The number of hydrogen-bond donors (Lipinski definition) is 1. The van der Waals surface area contributed by atoms with Gasteiger partial charge in [-0.05, 0) is 6.92 Å². The van der Waals surface area contributed by atoms with E-state index >= 15 is 0 Å². The topological polar surface area (TPSA) is 67.6 Å². The molecule has 2 saturated heterocycles. The van der Waals surface area contributed by atoms with Crippen molar-refractivity contribution < 1.29 is 13.9 Å². The summed E-state index contributed by atoms with van der Waals surface area (Å²) in [6, 6.07) is 7.89. The summed E-state index contributed by atoms with van der Waals surface area (Å²) in [6.45, 7) is 5.35. The molecule has 1 aromatic carbocycles. The van der Waals surface area contributed by atoms with Crippen molar-refractivity contribution in [2.45, 2.75) is 12.5 Å². The predicted molar refractivity (Wildman–Crippen MR) is 84.1 cm³/mol. The number of ether oxygens (including phenoxy) is 1. The van der Waals surface area contributed by atoms with Crippen molar-refractivity contribution in [3.8, 4) is 11.3 Å². The minimum atomic E-state index is -0.221. The molecule has 23 heavy (non-hydrogen) atoms. The van der Waals surface area contributed by atoms with E-state index in [0.717, 1.165) is 24.2 Å². The molecular formula is C17H19N3O3. The van der Waals surface area contributed by atoms with Gasteiger partial charge in [-0.25, -0.2) is 4.98 Å². The first kappa shape index (κ1) is 14.4. The normalized spacial score (nSPS) is 19.6. The van der Waals surface area contributed by atoms with E-state index in [-0.39, 0.29) is 11.5 Å². The number of amides is 1. The van der Waals surface area contributed by atoms with Gasteiger partial charge in [0.2, 0.25) is 0 Å². The largest absolute Gasteiger partial charge is 0.443 e. The molecule has 0 bridgehead atoms. The average Bonchev–Trinajstić information content (AvgIpc) is 3.03. The first-order valence-corrected chi connectivity index (χ1v) is 7.81. The van der Waals surface area contributed by atoms with Gasteiger partial charge in [0.1, 0.15) is 5.60 Å². The SMILES string of the molecule is Cc1ccc(-c2ocnc2C(=O)N2CCOC3(CNC3)C2)cc1. The van der Waals surface area contributed by atoms with Gasteiger partial charge in [-0.1, -0.05) is 29.8 Å². The molecule has 2 fully saturated rings. The summed E-state index contributed by atoms with van der Waals surface area (Å²) in [7, 11) is 0. The van der Waals surface area contributed by atoms with Gasteiger partial charge in [-0.15, -0.1) is 0 Å². The Morgan fingerprint density at radius 2 is 2.09 bits per heavy atom. The molecule has 6 heteroatoms. The van der Waals surface area contributed by atoms with Crippen molar-refractivity contribution in [3.05, 3.63) is 41.9 Å². The van der Waals surface area contributed by atoms with Crippen molar-refractivity contribution in [1.29, 1.82) is 0 Å². The highest BCUT2D eigenvalue weighted by molar-refractivity contribution is 5.97. The van der Waals surface area contributed by atoms with Crippen LogP contribution in [0, 0.1) is 6.92 Å². The Morgan fingerprint density at radius 1 is 1.30 bits per heavy atom. The minimum Gasteiger partial charge on any atom is -0.443 e. The van der Waals surface area contributed by atoms with Crippen LogP contribution in [0.4, 0.5) is 0 Å². The number of carbonyl (C=O) groups is 1. The standard InChI is InChI=1S/C17H19N3O3/c1-12-2-4-13(5-3-12)15-14(19-11-22-15)16(21)20-6-7-23-17(10-20)8-18-9-17/h2-5,11,18H,6-10H2,1H3. The summed E-state index contributed by atoms with van der Waals surface area (Å²) in [5.41, 5.74) is 2.18. The molecule has 1 amide bonds. The monoisotopic (exact) mass is 313 g/mol. The number of carbonyl (C=O) groups excluding carboxylic acids is 1. The van der Waals surface area contributed by atoms with Crippen molar-refractivity contribution >= 4 is 5.91 Å². The molecule has 0 radical (unpaired) electrons. The number of rotatable bonds is 2. The molecule has 2 aliphatic heterocycles. The fraction of sp³-hybridized carbons (Fsp3) is 0.412. The van der Waals surface area contributed by atoms with E-state index in [0.29, 0.717) is 31.2 Å². The lowest BCUT2D eigenvalue weighted by Gasteiger charge is -2.48. The van der Waals surface area contributed by atoms with Gasteiger partial charge in [0.25, 0.3) is 5.91 Å². The number of nitrogens with one attached hydrogen (secondary N) is 1. The second kappa shape index (κ2) is 5.47. The number of nitrogens with zero attached hydrogens (tertiary/aromatic N) is 2. The number of oxazole rings is 1. The van der Waals surface area contributed by atoms with E-state index < -0.39 is 0 Å². The molecule has 4 rings (SSSR count). The van der Waals surface area contributed by atoms with E-state index in [1.165, 1.54) is 6.39 Å². The lowest BCUT2D eigenvalue weighted by atomic mass is 9.94. The number of hydrogen-bond acceptors (Lipinski definition) is 5. The van der Waals surface area contributed by atoms with Crippen molar-refractivity contribution in [1.82, 2.24) is 15.2 Å².